The molecule has 1 unspecified atom stereocenters. The van der Waals surface area contributed by atoms with Gasteiger partial charge in [-0.3, -0.25) is 25.9 Å². The van der Waals surface area contributed by atoms with E-state index >= 15 is 0 Å². The molecule has 0 bridgehead atoms. The van der Waals surface area contributed by atoms with Crippen LogP contribution in [0.3, 0.4) is 0 Å². The maximum absolute atomic E-state index is 11.2. The van der Waals surface area contributed by atoms with E-state index in [2.05, 4.69) is 386 Å². The Bertz CT molecular complexity index is 5250. The van der Waals surface area contributed by atoms with Crippen LogP contribution in [-0.2, 0) is 52.4 Å². The van der Waals surface area contributed by atoms with E-state index in [1.165, 1.54) is 164 Å². The molecule has 6 heterocycles. The van der Waals surface area contributed by atoms with Gasteiger partial charge in [0.15, 0.2) is 40.7 Å². The summed E-state index contributed by atoms with van der Waals surface area (Å²) in [6, 6.07) is 80.4. The minimum absolute atomic E-state index is 0. The number of benzene rings is 7. The van der Waals surface area contributed by atoms with Gasteiger partial charge in [0.25, 0.3) is 0 Å². The summed E-state index contributed by atoms with van der Waals surface area (Å²) in [6.45, 7) is 34.6. The summed E-state index contributed by atoms with van der Waals surface area (Å²) in [6.07, 6.45) is 33.0. The van der Waals surface area contributed by atoms with E-state index < -0.39 is 25.2 Å². The monoisotopic (exact) mass is 1680 g/mol. The molecule has 3 aromatic heterocycles. The fourth-order valence-corrected chi connectivity index (χ4v) is 17.4. The number of hydrogen-bond acceptors (Lipinski definition) is 6. The van der Waals surface area contributed by atoms with Crippen LogP contribution in [0.2, 0.25) is 0 Å². The Hall–Kier alpha value is -10.7. The minimum atomic E-state index is -4.22. The van der Waals surface area contributed by atoms with Gasteiger partial charge in [0, 0.05) is 170 Å². The maximum atomic E-state index is 11.2. The standard InChI is InChI=1S/C35H44N2O3S.C35H37N2.C32H39N2.2BF3.2FH/c1-5-6-7-14-24-36-28(2)26-30(27-29(36)3)17-16-22-34-35(4,23-13-15-25-41(38,39)40)32-20-11-12-21-33(32)37(34)31-18-9-8-10-19-31;1-6-28-19-21-29(22-20-28)25-36-26(2)23-30(24-27(36)3)13-12-18-34-35(4,5)32-16-10-11-17-33(32)37(34)31-14-8-7-9-15-31;1-6-7-8-14-22-33-25(2)23-27(24-26(33)3)16-15-21-31-32(4,5)29-19-12-13-20-30(29)34(31)28-17-10-9-11-18-28;2*2-1(3)4;;/h8-12,16-22,26-27H,5-7,13-15,23-25H2,1-4H3;7-24H,6,25H2,1-5H3;9-13,15-21,23-24H,6-8,14,22H2,1-5H3;;;2*1H/q;2*+1;;;;/p-2. The van der Waals surface area contributed by atoms with Gasteiger partial charge in [-0.2, -0.15) is 4.57 Å². The van der Waals surface area contributed by atoms with Gasteiger partial charge in [-0.05, 0) is 151 Å². The van der Waals surface area contributed by atoms with Gasteiger partial charge in [-0.1, -0.05) is 250 Å². The molecular weight excluding hydrogens is 1560 g/mol. The fourth-order valence-electron chi connectivity index (χ4n) is 16.9. The molecule has 13 rings (SSSR count). The molecule has 0 aliphatic carbocycles. The smallest absolute Gasteiger partial charge is 0.762 e. The minimum Gasteiger partial charge on any atom is -1.00 e. The molecule has 0 saturated carbocycles. The number of pyridine rings is 3. The summed E-state index contributed by atoms with van der Waals surface area (Å²) in [5.41, 5.74) is 28.4. The second-order valence-electron chi connectivity index (χ2n) is 32.5. The molecule has 122 heavy (non-hydrogen) atoms. The van der Waals surface area contributed by atoms with Gasteiger partial charge in [-0.15, -0.1) is 0 Å². The van der Waals surface area contributed by atoms with Crippen LogP contribution in [0, 0.1) is 41.5 Å². The third kappa shape index (κ3) is 26.2. The van der Waals surface area contributed by atoms with Crippen molar-refractivity contribution < 1.29 is 62.0 Å². The van der Waals surface area contributed by atoms with Crippen LogP contribution in [-0.4, -0.2) is 33.8 Å². The second-order valence-corrected chi connectivity index (χ2v) is 34.0. The molecule has 20 heteroatoms. The summed E-state index contributed by atoms with van der Waals surface area (Å²) < 4.78 is 99.0. The lowest BCUT2D eigenvalue weighted by molar-refractivity contribution is -0.709. The lowest BCUT2D eigenvalue weighted by atomic mass is 9.77. The molecule has 3 aliphatic heterocycles. The quantitative estimate of drug-likeness (QED) is 0.0168. The Kier molecular flexibility index (Phi) is 37.5. The zero-order valence-corrected chi connectivity index (χ0v) is 74.2. The number of allylic oxidation sites excluding steroid dienone is 9. The highest BCUT2D eigenvalue weighted by molar-refractivity contribution is 7.85. The number of aryl methyl sites for hydroxylation is 7. The van der Waals surface area contributed by atoms with Gasteiger partial charge >= 0.3 is 15.1 Å². The van der Waals surface area contributed by atoms with Gasteiger partial charge in [0.05, 0.1) is 10.1 Å². The molecule has 0 fully saturated rings. The summed E-state index contributed by atoms with van der Waals surface area (Å²) >= 11 is 0. The molecule has 0 N–H and O–H groups in total. The normalized spacial score (nSPS) is 15.6. The summed E-state index contributed by atoms with van der Waals surface area (Å²) in [5.74, 6) is -0.322. The van der Waals surface area contributed by atoms with E-state index in [0.29, 0.717) is 12.8 Å². The molecule has 0 amide bonds. The third-order valence-electron chi connectivity index (χ3n) is 23.0. The highest BCUT2D eigenvalue weighted by Crippen LogP contribution is 2.55. The van der Waals surface area contributed by atoms with Crippen molar-refractivity contribution in [2.24, 2.45) is 0 Å². The lowest BCUT2D eigenvalue weighted by Crippen LogP contribution is -3.00. The van der Waals surface area contributed by atoms with E-state index in [1.54, 1.807) is 0 Å². The van der Waals surface area contributed by atoms with E-state index in [9.17, 15) is 38.9 Å². The van der Waals surface area contributed by atoms with Crippen molar-refractivity contribution in [2.75, 3.05) is 20.5 Å². The molecule has 644 valence electrons. The highest BCUT2D eigenvalue weighted by atomic mass is 32.2. The van der Waals surface area contributed by atoms with Crippen molar-refractivity contribution in [2.45, 2.75) is 210 Å². The zero-order valence-electron chi connectivity index (χ0n) is 73.4. The Labute approximate surface area is 722 Å². The van der Waals surface area contributed by atoms with Crippen molar-refractivity contribution in [3.8, 4) is 0 Å². The van der Waals surface area contributed by atoms with Crippen LogP contribution in [0.5, 0.6) is 0 Å². The van der Waals surface area contributed by atoms with Crippen LogP contribution >= 0.6 is 0 Å². The van der Waals surface area contributed by atoms with Crippen LogP contribution < -0.4 is 37.8 Å². The molecule has 9 nitrogen and oxygen atoms in total. The molecule has 0 spiro atoms. The Balaban J connectivity index is 0.000000239. The average molecular weight is 1680 g/mol. The highest BCUT2D eigenvalue weighted by Gasteiger charge is 2.45. The van der Waals surface area contributed by atoms with Gasteiger partial charge < -0.3 is 28.7 Å². The molecule has 3 aliphatic rings. The first-order valence-electron chi connectivity index (χ1n) is 42.3. The summed E-state index contributed by atoms with van der Waals surface area (Å²) in [4.78, 5) is 7.13. The molecule has 0 saturated heterocycles. The topological polar surface area (TPSA) is 78.6 Å². The number of para-hydroxylation sites is 6. The third-order valence-corrected chi connectivity index (χ3v) is 23.8. The van der Waals surface area contributed by atoms with E-state index in [0.717, 1.165) is 49.5 Å². The zero-order chi connectivity index (χ0) is 86.7. The Morgan fingerprint density at radius 3 is 1.02 bits per heavy atom. The van der Waals surface area contributed by atoms with Crippen LogP contribution in [0.25, 0.3) is 18.2 Å². The number of unbranched alkanes of at least 4 members (excludes halogenated alkanes) is 7. The number of fused-ring (bicyclic) bond motifs is 3. The van der Waals surface area contributed by atoms with E-state index in [4.69, 9.17) is 0 Å². The van der Waals surface area contributed by atoms with Gasteiger partial charge in [0.1, 0.15) is 13.1 Å². The van der Waals surface area contributed by atoms with Crippen LogP contribution in [0.15, 0.2) is 278 Å². The van der Waals surface area contributed by atoms with Crippen LogP contribution in [0.1, 0.15) is 205 Å². The lowest BCUT2D eigenvalue weighted by Gasteiger charge is -2.30. The van der Waals surface area contributed by atoms with Crippen molar-refractivity contribution >= 4 is 77.6 Å². The largest absolute Gasteiger partial charge is 1.00 e. The number of nitrogens with zero attached hydrogens (tertiary/aromatic N) is 6. The molecular formula is C102H120B2F8N6O3S. The molecule has 7 aromatic carbocycles. The first-order valence-corrected chi connectivity index (χ1v) is 43.9. The first kappa shape index (κ1) is 98.4. The SMILES string of the molecule is CCCCCC[n+]1c(C)cc(C=CC=C2N(c3ccccc3)c3ccccc3C2(C)C)cc1C.CCCCCC[n+]1c(C)cc(C=CC=C2N(c3ccccc3)c3ccccc3C2(C)CCCCS(=O)(=O)[O-])cc1C.CCc1ccc(C[n+]2c(C)cc(C=CC=C3N(c4ccccc4)c4ccccc4C3(C)C)cc2C)cc1.FB(F)F.FB(F)F.[F-].[F-]. The maximum Gasteiger partial charge on any atom is 0.762 e. The number of halogens is 8. The van der Waals surface area contributed by atoms with E-state index in [1.807, 2.05) is 18.2 Å². The van der Waals surface area contributed by atoms with Crippen LogP contribution in [0.4, 0.5) is 60.0 Å². The predicted octanol–water partition coefficient (Wildman–Crippen LogP) is 20.1. The fraction of sp³-hybridized carbons (Fsp3) is 0.324. The summed E-state index contributed by atoms with van der Waals surface area (Å²) in [5, 5.41) is 0. The summed E-state index contributed by atoms with van der Waals surface area (Å²) in [7, 11) is -11.6. The number of aromatic nitrogens is 3. The van der Waals surface area contributed by atoms with Crippen molar-refractivity contribution in [3.05, 3.63) is 357 Å². The predicted molar refractivity (Wildman–Crippen MR) is 488 cm³/mol. The molecule has 0 radical (unpaired) electrons. The Morgan fingerprint density at radius 2 is 0.680 bits per heavy atom. The van der Waals surface area contributed by atoms with Crippen molar-refractivity contribution in [1.29, 1.82) is 0 Å². The molecule has 10 aromatic rings. The Morgan fingerprint density at radius 1 is 0.377 bits per heavy atom. The average Bonchev–Trinajstić information content (AvgIpc) is 1.59. The number of anilines is 6. The van der Waals surface area contributed by atoms with Crippen molar-refractivity contribution in [3.63, 3.8) is 0 Å². The molecule has 1 atom stereocenters. The van der Waals surface area contributed by atoms with Gasteiger partial charge in [0.2, 0.25) is 0 Å². The van der Waals surface area contributed by atoms with Crippen molar-refractivity contribution in [1.82, 2.24) is 0 Å². The first-order chi connectivity index (χ1) is 57.4. The van der Waals surface area contributed by atoms with E-state index in [-0.39, 0.29) is 31.4 Å². The second kappa shape index (κ2) is 46.5. The van der Waals surface area contributed by atoms with Gasteiger partial charge in [-0.25, -0.2) is 17.6 Å². The number of hydrogen-bond donors (Lipinski definition) is 0. The number of rotatable bonds is 27.